The predicted molar refractivity (Wildman–Crippen MR) is 87.0 cm³/mol. The van der Waals surface area contributed by atoms with E-state index in [1.807, 2.05) is 0 Å². The highest BCUT2D eigenvalue weighted by atomic mass is 15.5. The van der Waals surface area contributed by atoms with Crippen LogP contribution in [0.2, 0.25) is 0 Å². The fourth-order valence-electron chi connectivity index (χ4n) is 4.51. The molecule has 0 amide bonds. The van der Waals surface area contributed by atoms with Crippen LogP contribution in [-0.4, -0.2) is 23.2 Å². The number of rotatable bonds is 0. The van der Waals surface area contributed by atoms with Crippen molar-refractivity contribution in [2.45, 2.75) is 27.7 Å². The number of aryl methyl sites for hydroxylation is 4. The van der Waals surface area contributed by atoms with Crippen LogP contribution in [-0.2, 0) is 0 Å². The predicted octanol–water partition coefficient (Wildman–Crippen LogP) is -0.691. The second-order valence-corrected chi connectivity index (χ2v) is 6.61. The Morgan fingerprint density at radius 3 is 1.55 bits per heavy atom. The molecule has 6 heteroatoms. The summed E-state index contributed by atoms with van der Waals surface area (Å²) in [5.74, 6) is 0. The molecule has 2 radical (unpaired) electrons. The van der Waals surface area contributed by atoms with Crippen LogP contribution in [0, 0.1) is 27.7 Å². The second-order valence-electron chi connectivity index (χ2n) is 6.61. The summed E-state index contributed by atoms with van der Waals surface area (Å²) in [7, 11) is 0. The number of hydrogen-bond acceptors (Lipinski definition) is 0. The molecule has 3 aliphatic rings. The zero-order valence-electron chi connectivity index (χ0n) is 13.4. The van der Waals surface area contributed by atoms with Gasteiger partial charge < -0.3 is 18.4 Å². The van der Waals surface area contributed by atoms with Gasteiger partial charge in [0.2, 0.25) is 0 Å². The van der Waals surface area contributed by atoms with Crippen LogP contribution in [0.25, 0.3) is 0 Å². The third-order valence-electron chi connectivity index (χ3n) is 5.22. The van der Waals surface area contributed by atoms with Crippen LogP contribution >= 0.6 is 0 Å². The number of hydrogen-bond donors (Lipinski definition) is 0. The minimum absolute atomic E-state index is 0.212. The molecule has 0 unspecified atom stereocenters. The first-order valence-corrected chi connectivity index (χ1v) is 7.89. The van der Waals surface area contributed by atoms with E-state index >= 15 is 0 Å². The van der Waals surface area contributed by atoms with Gasteiger partial charge in [0.15, 0.2) is 0 Å². The minimum Gasteiger partial charge on any atom is -0.359 e. The zero-order valence-corrected chi connectivity index (χ0v) is 13.4. The molecule has 0 atom stereocenters. The van der Waals surface area contributed by atoms with E-state index in [-0.39, 0.29) is 14.0 Å². The maximum Gasteiger partial charge on any atom is 0.427 e. The van der Waals surface area contributed by atoms with Gasteiger partial charge in [-0.2, -0.15) is 10.9 Å². The highest BCUT2D eigenvalue weighted by Gasteiger charge is 2.46. The topological polar surface area (TPSA) is 17.6 Å². The maximum atomic E-state index is 2.45. The Balaban J connectivity index is 1.97. The van der Waals surface area contributed by atoms with Crippen molar-refractivity contribution in [3.63, 3.8) is 0 Å². The van der Waals surface area contributed by atoms with E-state index in [2.05, 4.69) is 82.5 Å². The van der Waals surface area contributed by atoms with E-state index in [1.165, 1.54) is 33.7 Å². The largest absolute Gasteiger partial charge is 0.427 e. The van der Waals surface area contributed by atoms with Crippen LogP contribution in [0.15, 0.2) is 36.4 Å². The minimum atomic E-state index is 0.212. The van der Waals surface area contributed by atoms with Crippen molar-refractivity contribution >= 4 is 24.9 Å². The van der Waals surface area contributed by atoms with E-state index < -0.39 is 0 Å². The average Bonchev–Trinajstić information content (AvgIpc) is 2.98. The molecule has 5 heterocycles. The zero-order chi connectivity index (χ0) is 15.2. The van der Waals surface area contributed by atoms with E-state index in [4.69, 9.17) is 0 Å². The fourth-order valence-corrected chi connectivity index (χ4v) is 4.51. The highest BCUT2D eigenvalue weighted by molar-refractivity contribution is 6.79. The van der Waals surface area contributed by atoms with Crippen molar-refractivity contribution in [3.8, 4) is 0 Å². The van der Waals surface area contributed by atoms with Crippen molar-refractivity contribution in [2.24, 2.45) is 0 Å². The molecule has 0 N–H and O–H groups in total. The van der Waals surface area contributed by atoms with Crippen molar-refractivity contribution in [2.75, 3.05) is 0 Å². The lowest BCUT2D eigenvalue weighted by Crippen LogP contribution is -2.94. The molecule has 1 aromatic carbocycles. The number of aromatic nitrogens is 4. The van der Waals surface area contributed by atoms with Crippen LogP contribution in [0.4, 0.5) is 0 Å². The quantitative estimate of drug-likeness (QED) is 0.336. The first-order valence-electron chi connectivity index (χ1n) is 7.89. The first-order chi connectivity index (χ1) is 10.6. The summed E-state index contributed by atoms with van der Waals surface area (Å²) in [5, 5.41) is 0. The van der Waals surface area contributed by atoms with E-state index in [0.29, 0.717) is 0 Å². The summed E-state index contributed by atoms with van der Waals surface area (Å²) in [5.41, 5.74) is 8.12. The lowest BCUT2D eigenvalue weighted by molar-refractivity contribution is -0.706. The lowest BCUT2D eigenvalue weighted by Gasteiger charge is -2.46. The van der Waals surface area contributed by atoms with Crippen molar-refractivity contribution in [1.29, 1.82) is 0 Å². The van der Waals surface area contributed by atoms with Gasteiger partial charge in [0.25, 0.3) is 0 Å². The fraction of sp³-hybridized carbons (Fsp3) is 0.250. The molecular formula is C16H18B2N4. The molecule has 6 rings (SSSR count). The molecule has 0 fully saturated rings. The highest BCUT2D eigenvalue weighted by Crippen LogP contribution is 2.13. The Kier molecular flexibility index (Phi) is 2.10. The third kappa shape index (κ3) is 1.19. The molecule has 0 aliphatic carbocycles. The van der Waals surface area contributed by atoms with Gasteiger partial charge in [-0.15, -0.1) is 0 Å². The molecule has 0 saturated carbocycles. The smallest absolute Gasteiger partial charge is 0.359 e. The molecular weight excluding hydrogens is 270 g/mol. The van der Waals surface area contributed by atoms with Gasteiger partial charge in [-0.1, -0.05) is 24.3 Å². The van der Waals surface area contributed by atoms with Gasteiger partial charge in [-0.25, -0.2) is 0 Å². The monoisotopic (exact) mass is 288 g/mol. The molecule has 2 bridgehead atoms. The summed E-state index contributed by atoms with van der Waals surface area (Å²) in [6, 6.07) is 13.5. The third-order valence-corrected chi connectivity index (χ3v) is 5.22. The van der Waals surface area contributed by atoms with Gasteiger partial charge in [0, 0.05) is 37.4 Å². The first kappa shape index (κ1) is 12.3. The standard InChI is InChI=1S/C16H18B2N4/c1-11-9-12(2)20-18-16-8-6-5-7-15(16)17(19(11)20)21-13(3)10-14(4)22(18)21/h5-10H,1-4H3. The van der Waals surface area contributed by atoms with Crippen molar-refractivity contribution < 1.29 is 9.19 Å². The Morgan fingerprint density at radius 1 is 0.727 bits per heavy atom. The Labute approximate surface area is 130 Å². The molecule has 3 aromatic rings. The molecule has 108 valence electrons. The van der Waals surface area contributed by atoms with Crippen LogP contribution < -0.4 is 20.1 Å². The van der Waals surface area contributed by atoms with Crippen LogP contribution in [0.1, 0.15) is 22.8 Å². The molecule has 22 heavy (non-hydrogen) atoms. The van der Waals surface area contributed by atoms with Crippen molar-refractivity contribution in [3.05, 3.63) is 59.2 Å². The van der Waals surface area contributed by atoms with Crippen LogP contribution in [0.3, 0.4) is 0 Å². The molecule has 3 aliphatic heterocycles. The Bertz CT molecular complexity index is 827. The molecule has 2 aromatic heterocycles. The number of nitrogens with zero attached hydrogens (tertiary/aromatic N) is 4. The summed E-state index contributed by atoms with van der Waals surface area (Å²) in [6.07, 6.45) is 0. The summed E-state index contributed by atoms with van der Waals surface area (Å²) >= 11 is 0. The van der Waals surface area contributed by atoms with Gasteiger partial charge in [0.05, 0.1) is 0 Å². The average molecular weight is 288 g/mol. The summed E-state index contributed by atoms with van der Waals surface area (Å²) in [4.78, 5) is 0. The van der Waals surface area contributed by atoms with Crippen LogP contribution in [0.5, 0.6) is 0 Å². The molecule has 4 nitrogen and oxygen atoms in total. The second kappa shape index (κ2) is 3.75. The molecule has 0 spiro atoms. The Morgan fingerprint density at radius 2 is 1.14 bits per heavy atom. The van der Waals surface area contributed by atoms with Gasteiger partial charge in [-0.3, -0.25) is 0 Å². The van der Waals surface area contributed by atoms with Gasteiger partial charge >= 0.3 is 14.0 Å². The summed E-state index contributed by atoms with van der Waals surface area (Å²) in [6.45, 7) is 9.27. The maximum absolute atomic E-state index is 2.45. The van der Waals surface area contributed by atoms with Crippen molar-refractivity contribution in [1.82, 2.24) is 9.19 Å². The lowest BCUT2D eigenvalue weighted by atomic mass is 9.50. The normalized spacial score (nSPS) is 15.8. The van der Waals surface area contributed by atoms with E-state index in [1.54, 1.807) is 0 Å². The van der Waals surface area contributed by atoms with E-state index in [0.717, 1.165) is 0 Å². The SMILES string of the molecule is Cc1cc(C)[n+]2n1[B@-]1c3ccccc3[B@@-]2n2c(C)cc(C)[n+]21. The van der Waals surface area contributed by atoms with E-state index in [9.17, 15) is 0 Å². The molecule has 0 saturated heterocycles. The van der Waals surface area contributed by atoms with Gasteiger partial charge in [-0.05, 0) is 13.8 Å². The van der Waals surface area contributed by atoms with Gasteiger partial charge in [0.1, 0.15) is 11.4 Å². The number of benzene rings is 1. The Hall–Kier alpha value is -2.23. The summed E-state index contributed by atoms with van der Waals surface area (Å²) < 4.78 is 9.81.